The van der Waals surface area contributed by atoms with Gasteiger partial charge in [-0.25, -0.2) is 4.39 Å². The van der Waals surface area contributed by atoms with Gasteiger partial charge in [0, 0.05) is 21.5 Å². The number of carbonyl (C=O) groups is 1. The number of halogens is 5. The summed E-state index contributed by atoms with van der Waals surface area (Å²) in [5.41, 5.74) is 1.65. The van der Waals surface area contributed by atoms with Crippen molar-refractivity contribution < 1.29 is 32.2 Å². The van der Waals surface area contributed by atoms with E-state index in [-0.39, 0.29) is 34.6 Å². The number of nitrogens with zero attached hydrogens (tertiary/aromatic N) is 2. The molecule has 5 nitrogen and oxygen atoms in total. The van der Waals surface area contributed by atoms with Crippen molar-refractivity contribution in [2.24, 2.45) is 0 Å². The molecule has 5 aromatic rings. The van der Waals surface area contributed by atoms with Gasteiger partial charge in [0.2, 0.25) is 0 Å². The van der Waals surface area contributed by atoms with Crippen LogP contribution >= 0.6 is 11.6 Å². The third-order valence-electron chi connectivity index (χ3n) is 7.03. The van der Waals surface area contributed by atoms with Crippen LogP contribution in [0, 0.1) is 5.82 Å². The van der Waals surface area contributed by atoms with Crippen LogP contribution in [0.1, 0.15) is 41.5 Å². The van der Waals surface area contributed by atoms with E-state index in [1.165, 1.54) is 22.9 Å². The third-order valence-corrected chi connectivity index (χ3v) is 7.27. The maximum absolute atomic E-state index is 14.6. The summed E-state index contributed by atoms with van der Waals surface area (Å²) >= 11 is 5.88. The highest BCUT2D eigenvalue weighted by Gasteiger charge is 2.34. The molecule has 0 amide bonds. The van der Waals surface area contributed by atoms with E-state index in [2.05, 4.69) is 5.10 Å². The monoisotopic (exact) mass is 596 g/mol. The topological polar surface area (TPSA) is 64.3 Å². The third kappa shape index (κ3) is 6.11. The van der Waals surface area contributed by atoms with Crippen LogP contribution in [0.4, 0.5) is 17.6 Å². The van der Waals surface area contributed by atoms with Gasteiger partial charge in [-0.1, -0.05) is 61.0 Å². The fraction of sp³-hybridized carbons (Fsp3) is 0.188. The van der Waals surface area contributed by atoms with Crippen LogP contribution in [0.25, 0.3) is 22.2 Å². The highest BCUT2D eigenvalue weighted by molar-refractivity contribution is 6.30. The molecule has 0 aliphatic heterocycles. The van der Waals surface area contributed by atoms with Crippen LogP contribution in [0.3, 0.4) is 0 Å². The lowest BCUT2D eigenvalue weighted by Crippen LogP contribution is -2.10. The van der Waals surface area contributed by atoms with E-state index in [1.807, 2.05) is 19.1 Å². The van der Waals surface area contributed by atoms with E-state index >= 15 is 0 Å². The van der Waals surface area contributed by atoms with E-state index in [9.17, 15) is 27.5 Å². The van der Waals surface area contributed by atoms with Crippen molar-refractivity contribution >= 4 is 28.5 Å². The fourth-order valence-corrected chi connectivity index (χ4v) is 5.04. The van der Waals surface area contributed by atoms with Gasteiger partial charge >= 0.3 is 12.1 Å². The fourth-order valence-electron chi connectivity index (χ4n) is 4.89. The Bertz CT molecular complexity index is 1730. The second-order valence-electron chi connectivity index (χ2n) is 9.80. The molecule has 0 spiro atoms. The molecule has 0 radical (unpaired) electrons. The van der Waals surface area contributed by atoms with Gasteiger partial charge in [-0.2, -0.15) is 18.3 Å². The number of rotatable bonds is 9. The Labute approximate surface area is 243 Å². The van der Waals surface area contributed by atoms with Gasteiger partial charge in [-0.05, 0) is 60.0 Å². The van der Waals surface area contributed by atoms with Gasteiger partial charge in [0.15, 0.2) is 0 Å². The van der Waals surface area contributed by atoms with Crippen molar-refractivity contribution in [3.8, 4) is 17.0 Å². The smallest absolute Gasteiger partial charge is 0.418 e. The quantitative estimate of drug-likeness (QED) is 0.173. The summed E-state index contributed by atoms with van der Waals surface area (Å²) < 4.78 is 63.4. The summed E-state index contributed by atoms with van der Waals surface area (Å²) in [4.78, 5) is 11.4. The lowest BCUT2D eigenvalue weighted by molar-refractivity contribution is -0.139. The van der Waals surface area contributed by atoms with Crippen molar-refractivity contribution in [3.63, 3.8) is 0 Å². The zero-order valence-corrected chi connectivity index (χ0v) is 23.1. The van der Waals surface area contributed by atoms with Crippen molar-refractivity contribution in [2.45, 2.75) is 38.6 Å². The average Bonchev–Trinajstić information content (AvgIpc) is 3.32. The number of hydrogen-bond donors (Lipinski definition) is 1. The number of benzene rings is 4. The minimum atomic E-state index is -4.62. The maximum Gasteiger partial charge on any atom is 0.418 e. The van der Waals surface area contributed by atoms with Gasteiger partial charge in [-0.15, -0.1) is 0 Å². The molecule has 42 heavy (non-hydrogen) atoms. The second-order valence-corrected chi connectivity index (χ2v) is 10.2. The highest BCUT2D eigenvalue weighted by Crippen LogP contribution is 2.38. The van der Waals surface area contributed by atoms with Crippen molar-refractivity contribution in [1.82, 2.24) is 9.78 Å². The van der Waals surface area contributed by atoms with Crippen LogP contribution < -0.4 is 4.74 Å². The Morgan fingerprint density at radius 2 is 1.74 bits per heavy atom. The lowest BCUT2D eigenvalue weighted by atomic mass is 9.96. The lowest BCUT2D eigenvalue weighted by Gasteiger charge is -2.12. The second kappa shape index (κ2) is 11.9. The zero-order chi connectivity index (χ0) is 30.0. The Hall–Kier alpha value is -4.37. The molecule has 1 heterocycles. The van der Waals surface area contributed by atoms with E-state index in [4.69, 9.17) is 16.3 Å². The summed E-state index contributed by atoms with van der Waals surface area (Å²) in [5, 5.41) is 14.1. The number of alkyl halides is 3. The molecule has 0 saturated carbocycles. The Kier molecular flexibility index (Phi) is 8.22. The standard InChI is InChI=1S/C32H25ClF4N2O3/c1-2-25(31(40)41)20-8-6-19(7-9-20)18-42-24-14-11-21(12-15-24)30-26-4-3-5-27(32(35,36)37)29(26)38-39(30)17-22-10-13-23(33)16-28(22)34/h3-16,25H,2,17-18H2,1H3,(H,40,41). The van der Waals surface area contributed by atoms with Gasteiger partial charge < -0.3 is 9.84 Å². The molecule has 0 fully saturated rings. The van der Waals surface area contributed by atoms with Crippen LogP contribution in [-0.2, 0) is 24.1 Å². The van der Waals surface area contributed by atoms with Crippen LogP contribution in [0.2, 0.25) is 5.02 Å². The van der Waals surface area contributed by atoms with Crippen LogP contribution in [0.15, 0.2) is 84.9 Å². The predicted octanol–water partition coefficient (Wildman–Crippen LogP) is 8.72. The predicted molar refractivity (Wildman–Crippen MR) is 152 cm³/mol. The number of carboxylic acids is 1. The minimum absolute atomic E-state index is 0.112. The van der Waals surface area contributed by atoms with E-state index < -0.39 is 29.4 Å². The summed E-state index contributed by atoms with van der Waals surface area (Å²) in [7, 11) is 0. The Balaban J connectivity index is 1.44. The number of aromatic nitrogens is 2. The molecular formula is C32H25ClF4N2O3. The van der Waals surface area contributed by atoms with Gasteiger partial charge in [-0.3, -0.25) is 9.48 Å². The Morgan fingerprint density at radius 3 is 2.36 bits per heavy atom. The zero-order valence-electron chi connectivity index (χ0n) is 22.3. The maximum atomic E-state index is 14.6. The first-order valence-corrected chi connectivity index (χ1v) is 13.5. The number of aliphatic carboxylic acids is 1. The minimum Gasteiger partial charge on any atom is -0.489 e. The highest BCUT2D eigenvalue weighted by atomic mass is 35.5. The summed E-state index contributed by atoms with van der Waals surface area (Å²) in [6.45, 7) is 1.94. The molecular weight excluding hydrogens is 572 g/mol. The van der Waals surface area contributed by atoms with E-state index in [1.54, 1.807) is 42.5 Å². The first kappa shape index (κ1) is 29.1. The first-order chi connectivity index (χ1) is 20.0. The molecule has 1 unspecified atom stereocenters. The Morgan fingerprint density at radius 1 is 1.02 bits per heavy atom. The molecule has 1 aromatic heterocycles. The summed E-state index contributed by atoms with van der Waals surface area (Å²) in [6.07, 6.45) is -4.14. The summed E-state index contributed by atoms with van der Waals surface area (Å²) in [6, 6.07) is 22.0. The molecule has 0 bridgehead atoms. The first-order valence-electron chi connectivity index (χ1n) is 13.1. The number of hydrogen-bond acceptors (Lipinski definition) is 3. The van der Waals surface area contributed by atoms with E-state index in [0.29, 0.717) is 29.0 Å². The van der Waals surface area contributed by atoms with Crippen molar-refractivity contribution in [3.05, 3.63) is 118 Å². The van der Waals surface area contributed by atoms with Crippen LogP contribution in [-0.4, -0.2) is 20.9 Å². The number of ether oxygens (including phenoxy) is 1. The molecule has 4 aromatic carbocycles. The molecule has 1 N–H and O–H groups in total. The largest absolute Gasteiger partial charge is 0.489 e. The molecule has 5 rings (SSSR count). The van der Waals surface area contributed by atoms with Gasteiger partial charge in [0.05, 0.1) is 23.7 Å². The van der Waals surface area contributed by atoms with E-state index in [0.717, 1.165) is 17.7 Å². The normalized spacial score (nSPS) is 12.4. The van der Waals surface area contributed by atoms with Gasteiger partial charge in [0.25, 0.3) is 0 Å². The number of fused-ring (bicyclic) bond motifs is 1. The molecule has 0 saturated heterocycles. The van der Waals surface area contributed by atoms with Crippen molar-refractivity contribution in [1.29, 1.82) is 0 Å². The molecule has 216 valence electrons. The molecule has 0 aliphatic carbocycles. The SMILES string of the molecule is CCC(C(=O)O)c1ccc(COc2ccc(-c3c4cccc(C(F)(F)F)c4nn3Cc3ccc(Cl)cc3F)cc2)cc1. The van der Waals surface area contributed by atoms with Crippen molar-refractivity contribution in [2.75, 3.05) is 0 Å². The van der Waals surface area contributed by atoms with Gasteiger partial charge in [0.1, 0.15) is 23.7 Å². The molecule has 0 aliphatic rings. The molecule has 10 heteroatoms. The summed E-state index contributed by atoms with van der Waals surface area (Å²) in [5.74, 6) is -1.51. The molecule has 1 atom stereocenters. The van der Waals surface area contributed by atoms with Crippen LogP contribution in [0.5, 0.6) is 5.75 Å². The number of carboxylic acid groups (broad SMARTS) is 1. The average molecular weight is 597 g/mol.